The van der Waals surface area contributed by atoms with Gasteiger partial charge >= 0.3 is 0 Å². The normalized spacial score (nSPS) is 21.4. The number of hydrogen-bond donors (Lipinski definition) is 2. The van der Waals surface area contributed by atoms with E-state index in [1.807, 2.05) is 0 Å². The molecule has 2 aliphatic carbocycles. The van der Waals surface area contributed by atoms with Gasteiger partial charge in [0.1, 0.15) is 5.75 Å². The highest BCUT2D eigenvalue weighted by atomic mass is 32.2. The summed E-state index contributed by atoms with van der Waals surface area (Å²) in [6.07, 6.45) is 6.44. The molecule has 34 heavy (non-hydrogen) atoms. The molecular weight excluding hydrogens is 448 g/mol. The quantitative estimate of drug-likeness (QED) is 0.492. The lowest BCUT2D eigenvalue weighted by Crippen LogP contribution is -2.34. The summed E-state index contributed by atoms with van der Waals surface area (Å²) < 4.78 is 32.1. The van der Waals surface area contributed by atoms with E-state index in [9.17, 15) is 13.2 Å². The number of benzene rings is 2. The number of sulfonamides is 1. The fourth-order valence-corrected chi connectivity index (χ4v) is 6.14. The Morgan fingerprint density at radius 1 is 0.971 bits per heavy atom. The third-order valence-electron chi connectivity index (χ3n) is 7.16. The lowest BCUT2D eigenvalue weighted by atomic mass is 9.72. The summed E-state index contributed by atoms with van der Waals surface area (Å²) in [6.45, 7) is 8.06. The second-order valence-corrected chi connectivity index (χ2v) is 13.0. The van der Waals surface area contributed by atoms with E-state index < -0.39 is 15.9 Å². The Morgan fingerprint density at radius 2 is 1.65 bits per heavy atom. The van der Waals surface area contributed by atoms with Gasteiger partial charge in [-0.1, -0.05) is 39.0 Å². The topological polar surface area (TPSA) is 84.5 Å². The predicted molar refractivity (Wildman–Crippen MR) is 136 cm³/mol. The molecule has 7 heteroatoms. The Kier molecular flexibility index (Phi) is 7.53. The van der Waals surface area contributed by atoms with Crippen molar-refractivity contribution in [3.05, 3.63) is 42.0 Å². The molecule has 2 saturated carbocycles. The van der Waals surface area contributed by atoms with Crippen LogP contribution in [-0.4, -0.2) is 32.2 Å². The number of hydrogen-bond acceptors (Lipinski definition) is 5. The van der Waals surface area contributed by atoms with E-state index in [4.69, 9.17) is 4.74 Å². The molecule has 186 valence electrons. The van der Waals surface area contributed by atoms with Crippen molar-refractivity contribution < 1.29 is 17.9 Å². The van der Waals surface area contributed by atoms with Crippen molar-refractivity contribution in [3.63, 3.8) is 0 Å². The molecule has 2 aliphatic rings. The molecule has 2 N–H and O–H groups in total. The highest BCUT2D eigenvalue weighted by molar-refractivity contribution is 7.90. The van der Waals surface area contributed by atoms with Gasteiger partial charge in [0.15, 0.2) is 0 Å². The average molecular weight is 487 g/mol. The molecule has 2 aromatic rings. The summed E-state index contributed by atoms with van der Waals surface area (Å²) in [5.74, 6) is 1.27. The molecule has 0 heterocycles. The van der Waals surface area contributed by atoms with Crippen molar-refractivity contribution in [2.24, 2.45) is 11.3 Å². The van der Waals surface area contributed by atoms with Crippen LogP contribution in [0.25, 0.3) is 10.8 Å². The van der Waals surface area contributed by atoms with Gasteiger partial charge in [-0.25, -0.2) is 8.42 Å². The summed E-state index contributed by atoms with van der Waals surface area (Å²) in [5, 5.41) is 5.15. The zero-order valence-corrected chi connectivity index (χ0v) is 21.4. The van der Waals surface area contributed by atoms with E-state index in [-0.39, 0.29) is 11.7 Å². The minimum absolute atomic E-state index is 0.137. The highest BCUT2D eigenvalue weighted by Gasteiger charge is 2.36. The first-order valence-corrected chi connectivity index (χ1v) is 14.1. The summed E-state index contributed by atoms with van der Waals surface area (Å²) in [5.41, 5.74) is 1.50. The second kappa shape index (κ2) is 10.2. The Bertz CT molecular complexity index is 1110. The van der Waals surface area contributed by atoms with Gasteiger partial charge in [0.05, 0.1) is 11.4 Å². The van der Waals surface area contributed by atoms with Crippen LogP contribution in [0.4, 0.5) is 0 Å². The number of carbonyl (C=O) groups excluding carboxylic acids is 1. The van der Waals surface area contributed by atoms with Gasteiger partial charge in [-0.15, -0.1) is 0 Å². The van der Waals surface area contributed by atoms with E-state index in [0.29, 0.717) is 37.5 Å². The Balaban J connectivity index is 1.23. The number of rotatable bonds is 9. The molecule has 0 unspecified atom stereocenters. The molecular formula is C27H38N2O4S. The molecule has 1 amide bonds. The molecule has 0 bridgehead atoms. The molecule has 0 atom stereocenters. The first-order valence-electron chi connectivity index (χ1n) is 12.5. The van der Waals surface area contributed by atoms with Crippen LogP contribution in [0.2, 0.25) is 0 Å². The fourth-order valence-electron chi connectivity index (χ4n) is 4.80. The number of ether oxygens (including phenoxy) is 1. The van der Waals surface area contributed by atoms with Crippen molar-refractivity contribution in [1.82, 2.24) is 10.0 Å². The van der Waals surface area contributed by atoms with Crippen LogP contribution in [0, 0.1) is 11.3 Å². The first kappa shape index (κ1) is 25.0. The van der Waals surface area contributed by atoms with Crippen LogP contribution in [-0.2, 0) is 21.4 Å². The number of carbonyl (C=O) groups is 1. The molecule has 0 saturated heterocycles. The van der Waals surface area contributed by atoms with E-state index in [1.54, 1.807) is 0 Å². The van der Waals surface area contributed by atoms with Gasteiger partial charge < -0.3 is 10.1 Å². The van der Waals surface area contributed by atoms with Gasteiger partial charge in [0.25, 0.3) is 0 Å². The van der Waals surface area contributed by atoms with Crippen molar-refractivity contribution in [1.29, 1.82) is 0 Å². The zero-order valence-electron chi connectivity index (χ0n) is 20.6. The van der Waals surface area contributed by atoms with Crippen LogP contribution in [0.5, 0.6) is 5.75 Å². The second-order valence-electron chi connectivity index (χ2n) is 11.0. The van der Waals surface area contributed by atoms with Crippen LogP contribution in [0.3, 0.4) is 0 Å². The molecule has 2 fully saturated rings. The van der Waals surface area contributed by atoms with Gasteiger partial charge in [-0.2, -0.15) is 0 Å². The zero-order chi connectivity index (χ0) is 24.3. The molecule has 0 radical (unpaired) electrons. The average Bonchev–Trinajstić information content (AvgIpc) is 3.62. The number of amides is 1. The maximum absolute atomic E-state index is 11.9. The van der Waals surface area contributed by atoms with Crippen LogP contribution in [0.1, 0.15) is 71.3 Å². The molecule has 0 spiro atoms. The van der Waals surface area contributed by atoms with Gasteiger partial charge in [-0.05, 0) is 84.4 Å². The lowest BCUT2D eigenvalue weighted by Gasteiger charge is -2.37. The van der Waals surface area contributed by atoms with Crippen molar-refractivity contribution in [2.45, 2.75) is 83.6 Å². The minimum atomic E-state index is -3.46. The molecule has 6 nitrogen and oxygen atoms in total. The molecule has 4 rings (SSSR count). The lowest BCUT2D eigenvalue weighted by molar-refractivity contribution is -0.119. The third kappa shape index (κ3) is 6.72. The summed E-state index contributed by atoms with van der Waals surface area (Å²) in [6, 6.07) is 12.6. The molecule has 0 aliphatic heterocycles. The van der Waals surface area contributed by atoms with Crippen molar-refractivity contribution in [2.75, 3.05) is 6.54 Å². The number of nitrogens with one attached hydrogen (secondary N) is 2. The van der Waals surface area contributed by atoms with E-state index >= 15 is 0 Å². The maximum atomic E-state index is 11.9. The summed E-state index contributed by atoms with van der Waals surface area (Å²) in [7, 11) is -3.46. The largest absolute Gasteiger partial charge is 0.490 e. The smallest absolute Gasteiger partial charge is 0.237 e. The Morgan fingerprint density at radius 3 is 2.32 bits per heavy atom. The highest BCUT2D eigenvalue weighted by Crippen LogP contribution is 2.39. The molecule has 2 aromatic carbocycles. The van der Waals surface area contributed by atoms with Crippen molar-refractivity contribution in [3.8, 4) is 5.75 Å². The summed E-state index contributed by atoms with van der Waals surface area (Å²) in [4.78, 5) is 11.9. The standard InChI is InChI=1S/C27H38N2O4S/c1-27(2,3)22-7-10-23(11-8-22)33-24-9-6-20-16-19(4-5-21(20)17-24)18-28-15-14-26(30)29-34(31,32)25-12-13-25/h4-6,9,16-17,22-23,25,28H,7-8,10-15,18H2,1-3H3,(H,29,30). The fraction of sp³-hybridized carbons (Fsp3) is 0.593. The van der Waals surface area contributed by atoms with Crippen LogP contribution in [0.15, 0.2) is 36.4 Å². The van der Waals surface area contributed by atoms with Crippen LogP contribution < -0.4 is 14.8 Å². The van der Waals surface area contributed by atoms with E-state index in [2.05, 4.69) is 67.2 Å². The summed E-state index contributed by atoms with van der Waals surface area (Å²) >= 11 is 0. The van der Waals surface area contributed by atoms with Gasteiger partial charge in [0.2, 0.25) is 15.9 Å². The monoisotopic (exact) mass is 486 g/mol. The predicted octanol–water partition coefficient (Wildman–Crippen LogP) is 4.91. The van der Waals surface area contributed by atoms with Crippen LogP contribution >= 0.6 is 0 Å². The van der Waals surface area contributed by atoms with E-state index in [1.165, 1.54) is 12.8 Å². The Labute approximate surface area is 203 Å². The Hall–Kier alpha value is -2.12. The molecule has 0 aromatic heterocycles. The SMILES string of the molecule is CC(C)(C)C1CCC(Oc2ccc3cc(CNCCC(=O)NS(=O)(=O)C4CC4)ccc3c2)CC1. The maximum Gasteiger partial charge on any atom is 0.237 e. The van der Waals surface area contributed by atoms with Gasteiger partial charge in [-0.3, -0.25) is 9.52 Å². The minimum Gasteiger partial charge on any atom is -0.490 e. The van der Waals surface area contributed by atoms with Crippen molar-refractivity contribution >= 4 is 26.7 Å². The third-order valence-corrected chi connectivity index (χ3v) is 9.02. The number of fused-ring (bicyclic) bond motifs is 1. The van der Waals surface area contributed by atoms with Gasteiger partial charge in [0, 0.05) is 19.5 Å². The van der Waals surface area contributed by atoms with E-state index in [0.717, 1.165) is 40.8 Å². The first-order chi connectivity index (χ1) is 16.1.